The average Bonchev–Trinajstić information content (AvgIpc) is 2.51. The smallest absolute Gasteiger partial charge is 0.352 e. The van der Waals surface area contributed by atoms with E-state index in [9.17, 15) is 9.59 Å². The van der Waals surface area contributed by atoms with Gasteiger partial charge in [0.2, 0.25) is 5.91 Å². The first-order valence-electron chi connectivity index (χ1n) is 7.09. The number of nitrogens with one attached hydrogen (secondary N) is 1. The molecule has 0 aliphatic heterocycles. The minimum Gasteiger partial charge on any atom is -0.493 e. The molecule has 0 bridgehead atoms. The molecule has 1 aromatic carbocycles. The number of rotatable bonds is 9. The largest absolute Gasteiger partial charge is 0.493 e. The van der Waals surface area contributed by atoms with Crippen LogP contribution in [0.5, 0.6) is 11.5 Å². The second kappa shape index (κ2) is 9.47. The maximum Gasteiger partial charge on any atom is 0.352 e. The fourth-order valence-electron chi connectivity index (χ4n) is 1.76. The normalized spacial score (nSPS) is 11.0. The molecule has 126 valence electrons. The summed E-state index contributed by atoms with van der Waals surface area (Å²) in [5, 5.41) is 11.3. The molecular formula is C16H21NO6. The van der Waals surface area contributed by atoms with Gasteiger partial charge in [0.25, 0.3) is 0 Å². The predicted molar refractivity (Wildman–Crippen MR) is 84.4 cm³/mol. The molecular weight excluding hydrogens is 302 g/mol. The van der Waals surface area contributed by atoms with Gasteiger partial charge in [0.05, 0.1) is 13.7 Å². The zero-order valence-corrected chi connectivity index (χ0v) is 13.4. The van der Waals surface area contributed by atoms with Gasteiger partial charge in [-0.1, -0.05) is 6.07 Å². The summed E-state index contributed by atoms with van der Waals surface area (Å²) in [7, 11) is 1.49. The number of ether oxygens (including phenoxy) is 3. The van der Waals surface area contributed by atoms with Crippen molar-refractivity contribution in [1.29, 1.82) is 0 Å². The van der Waals surface area contributed by atoms with Gasteiger partial charge in [0.1, 0.15) is 12.3 Å². The highest BCUT2D eigenvalue weighted by Gasteiger charge is 2.10. The molecule has 0 heterocycles. The second-order valence-corrected chi connectivity index (χ2v) is 4.50. The van der Waals surface area contributed by atoms with E-state index < -0.39 is 11.9 Å². The Morgan fingerprint density at radius 1 is 1.26 bits per heavy atom. The van der Waals surface area contributed by atoms with Crippen molar-refractivity contribution in [2.45, 2.75) is 13.8 Å². The van der Waals surface area contributed by atoms with Crippen LogP contribution >= 0.6 is 0 Å². The van der Waals surface area contributed by atoms with Crippen molar-refractivity contribution >= 4 is 18.0 Å². The van der Waals surface area contributed by atoms with Gasteiger partial charge in [0.15, 0.2) is 11.5 Å². The summed E-state index contributed by atoms with van der Waals surface area (Å²) in [6.45, 7) is 4.60. The molecule has 1 amide bonds. The molecule has 1 aromatic rings. The minimum absolute atomic E-state index is 0.218. The standard InChI is InChI=1S/C16H21NO6/c1-4-22-7-8-23-14-6-5-12(10-15(14)21-3)9-13(16(19)20)17-11(2)18/h5-6,9-10H,4,7-8H2,1-3H3,(H,17,18)(H,19,20)/b13-9-. The SMILES string of the molecule is CCOCCOc1ccc(/C=C(\NC(C)=O)C(=O)O)cc1OC. The molecule has 2 N–H and O–H groups in total. The molecule has 0 aliphatic rings. The van der Waals surface area contributed by atoms with Crippen molar-refractivity contribution in [3.8, 4) is 11.5 Å². The van der Waals surface area contributed by atoms with Crippen molar-refractivity contribution in [3.63, 3.8) is 0 Å². The van der Waals surface area contributed by atoms with Crippen LogP contribution in [0, 0.1) is 0 Å². The summed E-state index contributed by atoms with van der Waals surface area (Å²) in [6, 6.07) is 4.97. The van der Waals surface area contributed by atoms with Crippen molar-refractivity contribution in [2.75, 3.05) is 26.9 Å². The lowest BCUT2D eigenvalue weighted by Crippen LogP contribution is -2.24. The first-order chi connectivity index (χ1) is 11.0. The van der Waals surface area contributed by atoms with E-state index in [-0.39, 0.29) is 5.70 Å². The van der Waals surface area contributed by atoms with E-state index in [2.05, 4.69) is 5.32 Å². The molecule has 1 rings (SSSR count). The third-order valence-electron chi connectivity index (χ3n) is 2.73. The van der Waals surface area contributed by atoms with Crippen LogP contribution in [0.25, 0.3) is 6.08 Å². The lowest BCUT2D eigenvalue weighted by molar-refractivity contribution is -0.134. The Kier molecular flexibility index (Phi) is 7.62. The summed E-state index contributed by atoms with van der Waals surface area (Å²) in [5.41, 5.74) is 0.342. The first-order valence-corrected chi connectivity index (χ1v) is 7.09. The van der Waals surface area contributed by atoms with E-state index in [1.165, 1.54) is 20.1 Å². The van der Waals surface area contributed by atoms with Gasteiger partial charge >= 0.3 is 5.97 Å². The average molecular weight is 323 g/mol. The molecule has 0 aliphatic carbocycles. The fourth-order valence-corrected chi connectivity index (χ4v) is 1.76. The van der Waals surface area contributed by atoms with Crippen molar-refractivity contribution < 1.29 is 28.9 Å². The summed E-state index contributed by atoms with van der Waals surface area (Å²) in [6.07, 6.45) is 1.34. The Labute approximate surface area is 134 Å². The number of carbonyl (C=O) groups is 2. The minimum atomic E-state index is -1.23. The number of carbonyl (C=O) groups excluding carboxylic acids is 1. The zero-order chi connectivity index (χ0) is 17.2. The Morgan fingerprint density at radius 2 is 2.00 bits per heavy atom. The van der Waals surface area contributed by atoms with Crippen LogP contribution in [0.2, 0.25) is 0 Å². The van der Waals surface area contributed by atoms with E-state index in [1.807, 2.05) is 6.92 Å². The van der Waals surface area contributed by atoms with Crippen LogP contribution in [0.1, 0.15) is 19.4 Å². The predicted octanol–water partition coefficient (Wildman–Crippen LogP) is 1.67. The summed E-state index contributed by atoms with van der Waals surface area (Å²) in [5.74, 6) is -0.693. The number of carboxylic acids is 1. The van der Waals surface area contributed by atoms with E-state index in [0.717, 1.165) is 0 Å². The van der Waals surface area contributed by atoms with Gasteiger partial charge < -0.3 is 24.6 Å². The van der Waals surface area contributed by atoms with Gasteiger partial charge in [0, 0.05) is 13.5 Å². The van der Waals surface area contributed by atoms with E-state index in [0.29, 0.717) is 36.9 Å². The maximum atomic E-state index is 11.1. The number of hydrogen-bond donors (Lipinski definition) is 2. The van der Waals surface area contributed by atoms with E-state index in [4.69, 9.17) is 19.3 Å². The molecule has 0 saturated heterocycles. The Bertz CT molecular complexity index is 582. The monoisotopic (exact) mass is 323 g/mol. The molecule has 23 heavy (non-hydrogen) atoms. The maximum absolute atomic E-state index is 11.1. The molecule has 0 spiro atoms. The van der Waals surface area contributed by atoms with E-state index in [1.54, 1.807) is 18.2 Å². The number of aliphatic carboxylic acids is 1. The quantitative estimate of drug-likeness (QED) is 0.530. The van der Waals surface area contributed by atoms with Crippen LogP contribution in [0.4, 0.5) is 0 Å². The molecule has 0 atom stereocenters. The van der Waals surface area contributed by atoms with Crippen LogP contribution in [-0.2, 0) is 14.3 Å². The van der Waals surface area contributed by atoms with Crippen LogP contribution in [0.15, 0.2) is 23.9 Å². The van der Waals surface area contributed by atoms with Crippen LogP contribution < -0.4 is 14.8 Å². The summed E-state index contributed by atoms with van der Waals surface area (Å²) >= 11 is 0. The topological polar surface area (TPSA) is 94.1 Å². The third kappa shape index (κ3) is 6.39. The highest BCUT2D eigenvalue weighted by Crippen LogP contribution is 2.28. The van der Waals surface area contributed by atoms with Crippen molar-refractivity contribution in [3.05, 3.63) is 29.5 Å². The number of amides is 1. The zero-order valence-electron chi connectivity index (χ0n) is 13.4. The van der Waals surface area contributed by atoms with Crippen LogP contribution in [-0.4, -0.2) is 43.9 Å². The van der Waals surface area contributed by atoms with E-state index >= 15 is 0 Å². The number of hydrogen-bond acceptors (Lipinski definition) is 5. The van der Waals surface area contributed by atoms with Gasteiger partial charge in [-0.15, -0.1) is 0 Å². The third-order valence-corrected chi connectivity index (χ3v) is 2.73. The summed E-state index contributed by atoms with van der Waals surface area (Å²) < 4.78 is 16.0. The van der Waals surface area contributed by atoms with Gasteiger partial charge in [-0.2, -0.15) is 0 Å². The highest BCUT2D eigenvalue weighted by molar-refractivity contribution is 5.96. The molecule has 0 fully saturated rings. The number of benzene rings is 1. The Balaban J connectivity index is 2.92. The molecule has 0 radical (unpaired) electrons. The van der Waals surface area contributed by atoms with Gasteiger partial charge in [-0.3, -0.25) is 4.79 Å². The highest BCUT2D eigenvalue weighted by atomic mass is 16.5. The number of carboxylic acid groups (broad SMARTS) is 1. The molecule has 0 aromatic heterocycles. The van der Waals surface area contributed by atoms with Crippen molar-refractivity contribution in [2.24, 2.45) is 0 Å². The van der Waals surface area contributed by atoms with Gasteiger partial charge in [-0.25, -0.2) is 4.79 Å². The van der Waals surface area contributed by atoms with Crippen LogP contribution in [0.3, 0.4) is 0 Å². The lowest BCUT2D eigenvalue weighted by Gasteiger charge is -2.11. The number of methoxy groups -OCH3 is 1. The fraction of sp³-hybridized carbons (Fsp3) is 0.375. The molecule has 0 unspecified atom stereocenters. The molecule has 7 heteroatoms. The van der Waals surface area contributed by atoms with Gasteiger partial charge in [-0.05, 0) is 30.7 Å². The Hall–Kier alpha value is -2.54. The summed E-state index contributed by atoms with van der Waals surface area (Å²) in [4.78, 5) is 22.1. The Morgan fingerprint density at radius 3 is 2.57 bits per heavy atom. The molecule has 7 nitrogen and oxygen atoms in total. The first kappa shape index (κ1) is 18.5. The lowest BCUT2D eigenvalue weighted by atomic mass is 10.1. The van der Waals surface area contributed by atoms with Crippen molar-refractivity contribution in [1.82, 2.24) is 5.32 Å². The molecule has 0 saturated carbocycles. The second-order valence-electron chi connectivity index (χ2n) is 4.50.